The second kappa shape index (κ2) is 4.38. The quantitative estimate of drug-likeness (QED) is 0.786. The third-order valence-electron chi connectivity index (χ3n) is 2.59. The summed E-state index contributed by atoms with van der Waals surface area (Å²) < 4.78 is 1.40. The molecule has 0 aliphatic rings. The van der Waals surface area contributed by atoms with E-state index in [1.54, 1.807) is 0 Å². The average molecular weight is 273 g/mol. The van der Waals surface area contributed by atoms with Crippen molar-refractivity contribution in [2.24, 2.45) is 0 Å². The van der Waals surface area contributed by atoms with Crippen LogP contribution in [0.4, 0.5) is 0 Å². The average Bonchev–Trinajstić information content (AvgIpc) is 2.29. The number of aromatic nitrogens is 2. The summed E-state index contributed by atoms with van der Waals surface area (Å²) in [6, 6.07) is 12.4. The van der Waals surface area contributed by atoms with Gasteiger partial charge in [-0.25, -0.2) is 0 Å². The molecule has 3 heteroatoms. The van der Waals surface area contributed by atoms with E-state index in [0.29, 0.717) is 0 Å². The van der Waals surface area contributed by atoms with Crippen LogP contribution in [0.25, 0.3) is 11.3 Å². The van der Waals surface area contributed by atoms with E-state index in [1.165, 1.54) is 4.40 Å². The number of hydrogen-bond donors (Lipinski definition) is 0. The Balaban J connectivity index is 2.45. The molecule has 16 heavy (non-hydrogen) atoms. The van der Waals surface area contributed by atoms with Crippen LogP contribution in [-0.2, 0) is 0 Å². The van der Waals surface area contributed by atoms with E-state index >= 15 is 0 Å². The summed E-state index contributed by atoms with van der Waals surface area (Å²) in [4.78, 5) is 0. The third kappa shape index (κ3) is 2.50. The third-order valence-corrected chi connectivity index (χ3v) is 6.80. The summed E-state index contributed by atoms with van der Waals surface area (Å²) >= 11 is -1.79. The fourth-order valence-electron chi connectivity index (χ4n) is 1.53. The number of rotatable bonds is 2. The van der Waals surface area contributed by atoms with Crippen molar-refractivity contribution in [2.45, 2.75) is 17.3 Å². The standard InChI is InChI=1S/C13H16GeN2/c1-14(2,3)12-9-13(16-15-10-12)11-7-5-4-6-8-11/h4-10H,1-3H3. The maximum atomic E-state index is 4.20. The molecule has 0 amide bonds. The molecule has 0 radical (unpaired) electrons. The molecule has 1 heterocycles. The van der Waals surface area contributed by atoms with Crippen LogP contribution in [0.2, 0.25) is 17.3 Å². The van der Waals surface area contributed by atoms with Crippen LogP contribution < -0.4 is 4.40 Å². The molecule has 1 aromatic carbocycles. The Morgan fingerprint density at radius 2 is 1.69 bits per heavy atom. The molecule has 0 fully saturated rings. The zero-order valence-electron chi connectivity index (χ0n) is 9.94. The van der Waals surface area contributed by atoms with Crippen molar-refractivity contribution in [1.82, 2.24) is 10.2 Å². The van der Waals surface area contributed by atoms with Crippen molar-refractivity contribution in [2.75, 3.05) is 0 Å². The summed E-state index contributed by atoms with van der Waals surface area (Å²) in [6.45, 7) is 0. The molecule has 82 valence electrons. The van der Waals surface area contributed by atoms with Gasteiger partial charge in [0, 0.05) is 0 Å². The van der Waals surface area contributed by atoms with Gasteiger partial charge in [0.15, 0.2) is 0 Å². The molecule has 0 saturated heterocycles. The molecule has 0 aliphatic carbocycles. The van der Waals surface area contributed by atoms with Crippen LogP contribution in [0, 0.1) is 0 Å². The van der Waals surface area contributed by atoms with Crippen molar-refractivity contribution in [3.8, 4) is 11.3 Å². The van der Waals surface area contributed by atoms with E-state index in [4.69, 9.17) is 0 Å². The molecule has 2 rings (SSSR count). The first-order valence-electron chi connectivity index (χ1n) is 5.46. The SMILES string of the molecule is [CH3][Ge]([CH3])([CH3])[c]1cnnc(-c2ccccc2)c1. The summed E-state index contributed by atoms with van der Waals surface area (Å²) in [7, 11) is 0. The second-order valence-electron chi connectivity index (χ2n) is 4.95. The molecular weight excluding hydrogens is 257 g/mol. The fraction of sp³-hybridized carbons (Fsp3) is 0.231. The molecule has 0 bridgehead atoms. The molecule has 0 N–H and O–H groups in total. The van der Waals surface area contributed by atoms with Crippen LogP contribution in [0.3, 0.4) is 0 Å². The Bertz CT molecular complexity index is 475. The zero-order valence-corrected chi connectivity index (χ0v) is 12.0. The molecule has 1 aromatic heterocycles. The molecule has 0 aliphatic heterocycles. The molecule has 0 unspecified atom stereocenters. The Morgan fingerprint density at radius 1 is 1.00 bits per heavy atom. The molecule has 2 nitrogen and oxygen atoms in total. The van der Waals surface area contributed by atoms with E-state index in [2.05, 4.69) is 45.7 Å². The number of benzene rings is 1. The van der Waals surface area contributed by atoms with Crippen molar-refractivity contribution in [3.63, 3.8) is 0 Å². The first-order chi connectivity index (χ1) is 7.57. The molecular formula is C13H16GeN2. The Morgan fingerprint density at radius 3 is 2.31 bits per heavy atom. The topological polar surface area (TPSA) is 25.8 Å². The van der Waals surface area contributed by atoms with Crippen molar-refractivity contribution in [1.29, 1.82) is 0 Å². The van der Waals surface area contributed by atoms with Crippen molar-refractivity contribution >= 4 is 17.7 Å². The van der Waals surface area contributed by atoms with E-state index in [0.717, 1.165) is 11.3 Å². The van der Waals surface area contributed by atoms with E-state index < -0.39 is 13.3 Å². The van der Waals surface area contributed by atoms with Gasteiger partial charge in [-0.05, 0) is 0 Å². The van der Waals surface area contributed by atoms with E-state index in [9.17, 15) is 0 Å². The van der Waals surface area contributed by atoms with Crippen LogP contribution in [0.15, 0.2) is 42.6 Å². The van der Waals surface area contributed by atoms with Gasteiger partial charge in [-0.3, -0.25) is 0 Å². The predicted octanol–water partition coefficient (Wildman–Crippen LogP) is 2.69. The Kier molecular flexibility index (Phi) is 3.10. The van der Waals surface area contributed by atoms with Gasteiger partial charge in [0.25, 0.3) is 0 Å². The number of hydrogen-bond acceptors (Lipinski definition) is 2. The van der Waals surface area contributed by atoms with Crippen LogP contribution in [0.5, 0.6) is 0 Å². The first-order valence-corrected chi connectivity index (χ1v) is 12.8. The van der Waals surface area contributed by atoms with E-state index in [-0.39, 0.29) is 0 Å². The molecule has 0 atom stereocenters. The maximum absolute atomic E-state index is 4.20. The fourth-order valence-corrected chi connectivity index (χ4v) is 3.66. The summed E-state index contributed by atoms with van der Waals surface area (Å²) in [5.74, 6) is 7.10. The van der Waals surface area contributed by atoms with Crippen molar-refractivity contribution < 1.29 is 0 Å². The van der Waals surface area contributed by atoms with Crippen LogP contribution >= 0.6 is 0 Å². The van der Waals surface area contributed by atoms with Gasteiger partial charge in [0.1, 0.15) is 0 Å². The summed E-state index contributed by atoms with van der Waals surface area (Å²) in [5.41, 5.74) is 2.13. The molecule has 0 saturated carbocycles. The monoisotopic (exact) mass is 274 g/mol. The minimum absolute atomic E-state index is 0.985. The number of nitrogens with zero attached hydrogens (tertiary/aromatic N) is 2. The minimum atomic E-state index is -1.79. The van der Waals surface area contributed by atoms with Crippen molar-refractivity contribution in [3.05, 3.63) is 42.6 Å². The molecule has 2 aromatic rings. The molecule has 0 spiro atoms. The summed E-state index contributed by atoms with van der Waals surface area (Å²) in [5, 5.41) is 8.33. The normalized spacial score (nSPS) is 11.4. The first kappa shape index (κ1) is 11.3. The van der Waals surface area contributed by atoms with Gasteiger partial charge in [-0.15, -0.1) is 0 Å². The van der Waals surface area contributed by atoms with Gasteiger partial charge >= 0.3 is 99.0 Å². The van der Waals surface area contributed by atoms with Gasteiger partial charge in [0.05, 0.1) is 0 Å². The predicted molar refractivity (Wildman–Crippen MR) is 70.4 cm³/mol. The zero-order chi connectivity index (χ0) is 11.6. The Labute approximate surface area is 99.1 Å². The van der Waals surface area contributed by atoms with Crippen LogP contribution in [0.1, 0.15) is 0 Å². The second-order valence-corrected chi connectivity index (χ2v) is 15.6. The van der Waals surface area contributed by atoms with Gasteiger partial charge < -0.3 is 0 Å². The van der Waals surface area contributed by atoms with Gasteiger partial charge in [0.2, 0.25) is 0 Å². The summed E-state index contributed by atoms with van der Waals surface area (Å²) in [6.07, 6.45) is 1.92. The van der Waals surface area contributed by atoms with Crippen LogP contribution in [-0.4, -0.2) is 23.5 Å². The van der Waals surface area contributed by atoms with Gasteiger partial charge in [-0.2, -0.15) is 0 Å². The Hall–Kier alpha value is -1.16. The van der Waals surface area contributed by atoms with E-state index in [1.807, 2.05) is 24.4 Å². The van der Waals surface area contributed by atoms with Gasteiger partial charge in [-0.1, -0.05) is 0 Å².